The van der Waals surface area contributed by atoms with Crippen LogP contribution < -0.4 is 15.6 Å². The molecule has 2 N–H and O–H groups in total. The van der Waals surface area contributed by atoms with Crippen LogP contribution in [0.2, 0.25) is 0 Å². The minimum absolute atomic E-state index is 0.0125. The maximum Gasteiger partial charge on any atom is 0.269 e. The van der Waals surface area contributed by atoms with Gasteiger partial charge >= 0.3 is 0 Å². The van der Waals surface area contributed by atoms with Crippen molar-refractivity contribution in [1.29, 1.82) is 0 Å². The summed E-state index contributed by atoms with van der Waals surface area (Å²) in [4.78, 5) is 29.9. The number of hydrogen-bond acceptors (Lipinski definition) is 6. The van der Waals surface area contributed by atoms with Gasteiger partial charge in [0.1, 0.15) is 10.7 Å². The molecule has 158 valence electrons. The van der Waals surface area contributed by atoms with E-state index >= 15 is 0 Å². The molecular formula is C22H27N5O2S. The number of benzene rings is 1. The van der Waals surface area contributed by atoms with Gasteiger partial charge in [-0.25, -0.2) is 0 Å². The first-order valence-electron chi connectivity index (χ1n) is 10.5. The lowest BCUT2D eigenvalue weighted by Gasteiger charge is -2.39. The van der Waals surface area contributed by atoms with Gasteiger partial charge in [-0.05, 0) is 29.9 Å². The van der Waals surface area contributed by atoms with Crippen molar-refractivity contribution >= 4 is 34.7 Å². The third-order valence-corrected chi connectivity index (χ3v) is 6.28. The number of hydrogen-bond donors (Lipinski definition) is 2. The van der Waals surface area contributed by atoms with Crippen LogP contribution in [0.25, 0.3) is 0 Å². The highest BCUT2D eigenvalue weighted by molar-refractivity contribution is 7.12. The zero-order valence-electron chi connectivity index (χ0n) is 17.1. The van der Waals surface area contributed by atoms with Gasteiger partial charge in [0, 0.05) is 25.9 Å². The van der Waals surface area contributed by atoms with E-state index in [0.29, 0.717) is 25.9 Å². The van der Waals surface area contributed by atoms with Gasteiger partial charge in [0.05, 0.1) is 5.69 Å². The van der Waals surface area contributed by atoms with Crippen molar-refractivity contribution in [3.63, 3.8) is 0 Å². The average molecular weight is 426 g/mol. The largest absolute Gasteiger partial charge is 0.356 e. The van der Waals surface area contributed by atoms with Crippen LogP contribution in [-0.4, -0.2) is 41.9 Å². The zero-order chi connectivity index (χ0) is 20.9. The summed E-state index contributed by atoms with van der Waals surface area (Å²) in [7, 11) is 0. The van der Waals surface area contributed by atoms with Crippen molar-refractivity contribution in [1.82, 2.24) is 15.6 Å². The number of nitrogens with zero attached hydrogens (tertiary/aromatic N) is 3. The zero-order valence-corrected chi connectivity index (χ0v) is 18.0. The van der Waals surface area contributed by atoms with Gasteiger partial charge < -0.3 is 5.32 Å². The van der Waals surface area contributed by atoms with Gasteiger partial charge in [-0.1, -0.05) is 43.7 Å². The smallest absolute Gasteiger partial charge is 0.269 e. The quantitative estimate of drug-likeness (QED) is 0.647. The van der Waals surface area contributed by atoms with Gasteiger partial charge in [-0.15, -0.1) is 11.3 Å². The summed E-state index contributed by atoms with van der Waals surface area (Å²) < 4.78 is 0. The van der Waals surface area contributed by atoms with Crippen molar-refractivity contribution in [3.05, 3.63) is 52.2 Å². The van der Waals surface area contributed by atoms with Gasteiger partial charge in [-0.3, -0.25) is 24.8 Å². The third-order valence-electron chi connectivity index (χ3n) is 5.39. The Morgan fingerprint density at radius 3 is 2.87 bits per heavy atom. The summed E-state index contributed by atoms with van der Waals surface area (Å²) in [5.74, 6) is 0.864. The van der Waals surface area contributed by atoms with Gasteiger partial charge in [-0.2, -0.15) is 5.10 Å². The Kier molecular flexibility index (Phi) is 6.32. The molecule has 0 spiro atoms. The first-order valence-corrected chi connectivity index (χ1v) is 11.4. The summed E-state index contributed by atoms with van der Waals surface area (Å²) in [6.07, 6.45) is 3.35. The molecule has 0 aliphatic carbocycles. The van der Waals surface area contributed by atoms with E-state index in [9.17, 15) is 9.59 Å². The van der Waals surface area contributed by atoms with Gasteiger partial charge in [0.2, 0.25) is 12.2 Å². The van der Waals surface area contributed by atoms with Crippen LogP contribution in [0.4, 0.5) is 5.69 Å². The van der Waals surface area contributed by atoms with E-state index in [1.54, 1.807) is 0 Å². The van der Waals surface area contributed by atoms with Gasteiger partial charge in [0.15, 0.2) is 0 Å². The number of hydrazone groups is 1. The van der Waals surface area contributed by atoms with Crippen LogP contribution in [0, 0.1) is 0 Å². The second kappa shape index (κ2) is 9.30. The Morgan fingerprint density at radius 1 is 1.23 bits per heavy atom. The first-order chi connectivity index (χ1) is 14.7. The second-order valence-corrected chi connectivity index (χ2v) is 8.39. The molecule has 7 nitrogen and oxygen atoms in total. The number of carbonyl (C=O) groups is 2. The molecule has 3 heterocycles. The molecule has 0 bridgehead atoms. The molecule has 2 aromatic rings. The fraction of sp³-hybridized carbons (Fsp3) is 0.409. The van der Waals surface area contributed by atoms with Crippen molar-refractivity contribution in [2.45, 2.75) is 45.3 Å². The number of amidine groups is 1. The predicted octanol–water partition coefficient (Wildman–Crippen LogP) is 3.15. The Balaban J connectivity index is 1.35. The van der Waals surface area contributed by atoms with Crippen LogP contribution >= 0.6 is 11.3 Å². The van der Waals surface area contributed by atoms with Crippen LogP contribution in [0.3, 0.4) is 0 Å². The number of anilines is 1. The highest BCUT2D eigenvalue weighted by atomic mass is 32.1. The predicted molar refractivity (Wildman–Crippen MR) is 119 cm³/mol. The maximum atomic E-state index is 12.9. The number of unbranched alkanes of at least 4 members (excludes halogenated alkanes) is 1. The topological polar surface area (TPSA) is 77.0 Å². The minimum Gasteiger partial charge on any atom is -0.356 e. The molecule has 2 amide bonds. The monoisotopic (exact) mass is 425 g/mol. The van der Waals surface area contributed by atoms with E-state index in [0.717, 1.165) is 35.7 Å². The van der Waals surface area contributed by atoms with E-state index in [1.807, 2.05) is 34.5 Å². The molecule has 30 heavy (non-hydrogen) atoms. The number of carbonyl (C=O) groups excluding carboxylic acids is 2. The SMILES string of the molecule is CCCCN1C(=O)c2sccc2N2C(CCC(=O)NCCc3ccccc3)=NNC12. The lowest BCUT2D eigenvalue weighted by Crippen LogP contribution is -2.58. The standard InChI is InChI=1S/C22H27N5O2S/c1-2-3-14-26-21(29)20-17(12-15-30-20)27-18(24-25-22(26)27)9-10-19(28)23-13-11-16-7-5-4-6-8-16/h4-8,12,15,22,25H,2-3,9-11,13-14H2,1H3,(H,23,28). The van der Waals surface area contributed by atoms with Crippen molar-refractivity contribution in [2.75, 3.05) is 18.0 Å². The van der Waals surface area contributed by atoms with E-state index in [2.05, 4.69) is 39.8 Å². The molecule has 2 aliphatic heterocycles. The fourth-order valence-corrected chi connectivity index (χ4v) is 4.63. The highest BCUT2D eigenvalue weighted by Crippen LogP contribution is 2.36. The first kappa shape index (κ1) is 20.4. The summed E-state index contributed by atoms with van der Waals surface area (Å²) >= 11 is 1.46. The van der Waals surface area contributed by atoms with Crippen LogP contribution in [0.15, 0.2) is 46.9 Å². The molecule has 4 rings (SSSR count). The molecule has 0 saturated carbocycles. The third kappa shape index (κ3) is 4.18. The Hall–Kier alpha value is -2.87. The molecule has 8 heteroatoms. The number of fused-ring (bicyclic) bond motifs is 3. The maximum absolute atomic E-state index is 12.9. The Labute approximate surface area is 180 Å². The van der Waals surface area contributed by atoms with E-state index in [4.69, 9.17) is 0 Å². The lowest BCUT2D eigenvalue weighted by atomic mass is 10.1. The Morgan fingerprint density at radius 2 is 2.07 bits per heavy atom. The van der Waals surface area contributed by atoms with E-state index in [1.165, 1.54) is 16.9 Å². The van der Waals surface area contributed by atoms with Crippen molar-refractivity contribution < 1.29 is 9.59 Å². The van der Waals surface area contributed by atoms with Crippen LogP contribution in [0.1, 0.15) is 47.8 Å². The van der Waals surface area contributed by atoms with Crippen molar-refractivity contribution in [2.24, 2.45) is 5.10 Å². The molecule has 1 atom stereocenters. The molecule has 0 saturated heterocycles. The molecule has 0 fully saturated rings. The number of nitrogens with one attached hydrogen (secondary N) is 2. The Bertz CT molecular complexity index is 927. The number of thiophene rings is 1. The summed E-state index contributed by atoms with van der Waals surface area (Å²) in [6.45, 7) is 3.42. The molecule has 2 aliphatic rings. The average Bonchev–Trinajstić information content (AvgIpc) is 3.40. The normalized spacial score (nSPS) is 17.3. The molecule has 1 aromatic heterocycles. The number of rotatable bonds is 9. The summed E-state index contributed by atoms with van der Waals surface area (Å²) in [5, 5.41) is 9.40. The minimum atomic E-state index is -0.303. The number of amides is 2. The van der Waals surface area contributed by atoms with E-state index in [-0.39, 0.29) is 18.1 Å². The van der Waals surface area contributed by atoms with E-state index < -0.39 is 0 Å². The van der Waals surface area contributed by atoms with Gasteiger partial charge in [0.25, 0.3) is 5.91 Å². The highest BCUT2D eigenvalue weighted by Gasteiger charge is 2.43. The molecule has 0 radical (unpaired) electrons. The molecule has 1 aromatic carbocycles. The van der Waals surface area contributed by atoms with Crippen molar-refractivity contribution in [3.8, 4) is 0 Å². The fourth-order valence-electron chi connectivity index (χ4n) is 3.79. The molecule has 1 unspecified atom stereocenters. The summed E-state index contributed by atoms with van der Waals surface area (Å²) in [5.41, 5.74) is 5.20. The second-order valence-electron chi connectivity index (χ2n) is 7.47. The lowest BCUT2D eigenvalue weighted by molar-refractivity contribution is -0.120. The van der Waals surface area contributed by atoms with Crippen LogP contribution in [0.5, 0.6) is 0 Å². The van der Waals surface area contributed by atoms with Crippen LogP contribution in [-0.2, 0) is 11.2 Å². The summed E-state index contributed by atoms with van der Waals surface area (Å²) in [6, 6.07) is 12.1. The molecular weight excluding hydrogens is 398 g/mol.